The molecule has 0 N–H and O–H groups in total. The first-order valence-corrected chi connectivity index (χ1v) is 9.56. The summed E-state index contributed by atoms with van der Waals surface area (Å²) in [5, 5.41) is 4.64. The summed E-state index contributed by atoms with van der Waals surface area (Å²) in [6, 6.07) is 12.3. The lowest BCUT2D eigenvalue weighted by Crippen LogP contribution is -2.31. The maximum Gasteiger partial charge on any atom is 0.231 e. The lowest BCUT2D eigenvalue weighted by Gasteiger charge is -2.26. The number of piperidine rings is 1. The van der Waals surface area contributed by atoms with Gasteiger partial charge in [0, 0.05) is 18.2 Å². The Morgan fingerprint density at radius 3 is 2.62 bits per heavy atom. The monoisotopic (exact) mass is 350 g/mol. The molecule has 2 aromatic heterocycles. The van der Waals surface area contributed by atoms with E-state index >= 15 is 0 Å². The van der Waals surface area contributed by atoms with Crippen LogP contribution in [-0.4, -0.2) is 45.7 Å². The number of ether oxygens (including phenoxy) is 1. The first kappa shape index (κ1) is 17.0. The van der Waals surface area contributed by atoms with Crippen LogP contribution in [0.4, 0.5) is 0 Å². The summed E-state index contributed by atoms with van der Waals surface area (Å²) in [5.74, 6) is 0.655. The number of hydrogen-bond acceptors (Lipinski definition) is 4. The molecule has 26 heavy (non-hydrogen) atoms. The van der Waals surface area contributed by atoms with E-state index in [9.17, 15) is 0 Å². The van der Waals surface area contributed by atoms with Crippen molar-refractivity contribution in [3.63, 3.8) is 0 Å². The van der Waals surface area contributed by atoms with Crippen LogP contribution >= 0.6 is 0 Å². The molecule has 3 aromatic rings. The molecule has 0 saturated carbocycles. The maximum atomic E-state index is 5.90. The fourth-order valence-electron chi connectivity index (χ4n) is 3.50. The molecular weight excluding hydrogens is 324 g/mol. The molecule has 0 bridgehead atoms. The van der Waals surface area contributed by atoms with Gasteiger partial charge < -0.3 is 9.64 Å². The van der Waals surface area contributed by atoms with Crippen molar-refractivity contribution in [1.29, 1.82) is 0 Å². The van der Waals surface area contributed by atoms with E-state index in [0.717, 1.165) is 29.9 Å². The number of likely N-dealkylation sites (tertiary alicyclic amines) is 1. The van der Waals surface area contributed by atoms with Crippen molar-refractivity contribution < 1.29 is 4.74 Å². The zero-order valence-corrected chi connectivity index (χ0v) is 15.4. The predicted molar refractivity (Wildman–Crippen MR) is 104 cm³/mol. The average Bonchev–Trinajstić information content (AvgIpc) is 3.10. The number of aryl methyl sites for hydroxylation is 1. The normalized spacial score (nSPS) is 15.4. The van der Waals surface area contributed by atoms with Gasteiger partial charge >= 0.3 is 0 Å². The van der Waals surface area contributed by atoms with E-state index in [1.807, 2.05) is 22.8 Å². The summed E-state index contributed by atoms with van der Waals surface area (Å²) in [7, 11) is 0. The van der Waals surface area contributed by atoms with E-state index in [2.05, 4.69) is 46.2 Å². The zero-order chi connectivity index (χ0) is 17.8. The molecule has 0 unspecified atom stereocenters. The molecule has 1 fully saturated rings. The third-order valence-electron chi connectivity index (χ3n) is 5.00. The van der Waals surface area contributed by atoms with Gasteiger partial charge in [0.25, 0.3) is 0 Å². The van der Waals surface area contributed by atoms with E-state index in [-0.39, 0.29) is 0 Å². The van der Waals surface area contributed by atoms with Gasteiger partial charge in [-0.2, -0.15) is 0 Å². The Morgan fingerprint density at radius 1 is 1.00 bits per heavy atom. The highest BCUT2D eigenvalue weighted by atomic mass is 16.5. The topological polar surface area (TPSA) is 42.7 Å². The van der Waals surface area contributed by atoms with Gasteiger partial charge in [0.1, 0.15) is 0 Å². The van der Waals surface area contributed by atoms with Crippen LogP contribution in [0, 0.1) is 6.92 Å². The van der Waals surface area contributed by atoms with E-state index in [4.69, 9.17) is 4.74 Å². The van der Waals surface area contributed by atoms with E-state index in [1.165, 1.54) is 37.9 Å². The number of hydrogen-bond donors (Lipinski definition) is 0. The number of aromatic nitrogens is 3. The lowest BCUT2D eigenvalue weighted by molar-refractivity contribution is 0.202. The standard InChI is InChI=1S/C21H26N4O/c1-17-6-8-18(9-7-17)19-16-22-20-10-11-21(23-25(19)20)26-15-5-14-24-12-3-2-4-13-24/h6-11,16H,2-5,12-15H2,1H3. The molecule has 5 nitrogen and oxygen atoms in total. The second-order valence-corrected chi connectivity index (χ2v) is 7.06. The first-order chi connectivity index (χ1) is 12.8. The van der Waals surface area contributed by atoms with Crippen LogP contribution in [0.5, 0.6) is 5.88 Å². The van der Waals surface area contributed by atoms with Gasteiger partial charge in [-0.05, 0) is 45.3 Å². The number of nitrogens with zero attached hydrogens (tertiary/aromatic N) is 4. The fourth-order valence-corrected chi connectivity index (χ4v) is 3.50. The summed E-state index contributed by atoms with van der Waals surface area (Å²) in [5.41, 5.74) is 4.17. The smallest absolute Gasteiger partial charge is 0.231 e. The Morgan fingerprint density at radius 2 is 1.81 bits per heavy atom. The van der Waals surface area contributed by atoms with Gasteiger partial charge in [-0.1, -0.05) is 36.2 Å². The molecule has 0 amide bonds. The highest BCUT2D eigenvalue weighted by Gasteiger charge is 2.10. The summed E-state index contributed by atoms with van der Waals surface area (Å²) >= 11 is 0. The van der Waals surface area contributed by atoms with Crippen molar-refractivity contribution in [2.24, 2.45) is 0 Å². The van der Waals surface area contributed by atoms with E-state index < -0.39 is 0 Å². The quantitative estimate of drug-likeness (QED) is 0.631. The van der Waals surface area contributed by atoms with Crippen LogP contribution in [0.2, 0.25) is 0 Å². The molecule has 1 aromatic carbocycles. The van der Waals surface area contributed by atoms with Crippen LogP contribution < -0.4 is 4.74 Å². The van der Waals surface area contributed by atoms with Crippen LogP contribution in [0.3, 0.4) is 0 Å². The third kappa shape index (κ3) is 3.88. The highest BCUT2D eigenvalue weighted by molar-refractivity contribution is 5.63. The Hall–Kier alpha value is -2.40. The van der Waals surface area contributed by atoms with Crippen LogP contribution in [0.25, 0.3) is 16.9 Å². The minimum absolute atomic E-state index is 0.655. The van der Waals surface area contributed by atoms with Gasteiger partial charge in [-0.3, -0.25) is 0 Å². The first-order valence-electron chi connectivity index (χ1n) is 9.56. The van der Waals surface area contributed by atoms with E-state index in [1.54, 1.807) is 0 Å². The molecule has 136 valence electrons. The Kier molecular flexibility index (Phi) is 5.16. The average molecular weight is 350 g/mol. The van der Waals surface area contributed by atoms with Crippen molar-refractivity contribution in [2.45, 2.75) is 32.6 Å². The number of rotatable bonds is 6. The van der Waals surface area contributed by atoms with Gasteiger partial charge in [-0.15, -0.1) is 5.10 Å². The second-order valence-electron chi connectivity index (χ2n) is 7.06. The number of fused-ring (bicyclic) bond motifs is 1. The minimum Gasteiger partial charge on any atom is -0.477 e. The van der Waals surface area contributed by atoms with Crippen molar-refractivity contribution in [1.82, 2.24) is 19.5 Å². The molecule has 5 heteroatoms. The molecule has 0 aliphatic carbocycles. The van der Waals surface area contributed by atoms with Crippen molar-refractivity contribution >= 4 is 5.65 Å². The molecule has 1 aliphatic heterocycles. The summed E-state index contributed by atoms with van der Waals surface area (Å²) in [6.45, 7) is 6.37. The highest BCUT2D eigenvalue weighted by Crippen LogP contribution is 2.21. The van der Waals surface area contributed by atoms with E-state index in [0.29, 0.717) is 12.5 Å². The number of imidazole rings is 1. The van der Waals surface area contributed by atoms with Gasteiger partial charge in [-0.25, -0.2) is 9.50 Å². The summed E-state index contributed by atoms with van der Waals surface area (Å²) in [4.78, 5) is 6.99. The van der Waals surface area contributed by atoms with Gasteiger partial charge in [0.15, 0.2) is 5.65 Å². The molecule has 0 radical (unpaired) electrons. The Labute approximate surface area is 154 Å². The predicted octanol–water partition coefficient (Wildman–Crippen LogP) is 3.96. The van der Waals surface area contributed by atoms with Crippen molar-refractivity contribution in [3.05, 3.63) is 48.2 Å². The Bertz CT molecular complexity index is 850. The Balaban J connectivity index is 1.41. The largest absolute Gasteiger partial charge is 0.477 e. The van der Waals surface area contributed by atoms with Crippen LogP contribution in [-0.2, 0) is 0 Å². The van der Waals surface area contributed by atoms with Gasteiger partial charge in [0.2, 0.25) is 5.88 Å². The second kappa shape index (κ2) is 7.87. The molecule has 4 rings (SSSR count). The molecule has 3 heterocycles. The molecule has 1 saturated heterocycles. The molecule has 0 spiro atoms. The SMILES string of the molecule is Cc1ccc(-c2cnc3ccc(OCCCN4CCCCC4)nn23)cc1. The molecular formula is C21H26N4O. The molecule has 1 aliphatic rings. The zero-order valence-electron chi connectivity index (χ0n) is 15.4. The van der Waals surface area contributed by atoms with Crippen molar-refractivity contribution in [2.75, 3.05) is 26.2 Å². The summed E-state index contributed by atoms with van der Waals surface area (Å²) < 4.78 is 7.76. The maximum absolute atomic E-state index is 5.90. The lowest BCUT2D eigenvalue weighted by atomic mass is 10.1. The number of benzene rings is 1. The third-order valence-corrected chi connectivity index (χ3v) is 5.00. The fraction of sp³-hybridized carbons (Fsp3) is 0.429. The van der Waals surface area contributed by atoms with Crippen molar-refractivity contribution in [3.8, 4) is 17.1 Å². The van der Waals surface area contributed by atoms with Crippen LogP contribution in [0.15, 0.2) is 42.6 Å². The molecule has 0 atom stereocenters. The summed E-state index contributed by atoms with van der Waals surface area (Å²) in [6.07, 6.45) is 6.95. The van der Waals surface area contributed by atoms with Gasteiger partial charge in [0.05, 0.1) is 18.5 Å². The van der Waals surface area contributed by atoms with Crippen LogP contribution in [0.1, 0.15) is 31.2 Å². The minimum atomic E-state index is 0.655.